The monoisotopic (exact) mass is 226 g/mol. The van der Waals surface area contributed by atoms with Crippen molar-refractivity contribution >= 4 is 5.91 Å². The SMILES string of the molecule is CCOC1CC(N)C1NC(=O)C1CC1(C)C. The number of hydrogen-bond acceptors (Lipinski definition) is 3. The molecule has 0 aromatic carbocycles. The maximum atomic E-state index is 11.9. The summed E-state index contributed by atoms with van der Waals surface area (Å²) in [5, 5.41) is 3.03. The third-order valence-corrected chi connectivity index (χ3v) is 3.89. The first-order chi connectivity index (χ1) is 7.45. The van der Waals surface area contributed by atoms with Crippen LogP contribution < -0.4 is 11.1 Å². The van der Waals surface area contributed by atoms with Crippen molar-refractivity contribution in [1.29, 1.82) is 0 Å². The van der Waals surface area contributed by atoms with E-state index in [0.717, 1.165) is 12.8 Å². The van der Waals surface area contributed by atoms with E-state index >= 15 is 0 Å². The summed E-state index contributed by atoms with van der Waals surface area (Å²) in [5.41, 5.74) is 6.06. The van der Waals surface area contributed by atoms with Crippen LogP contribution in [0, 0.1) is 11.3 Å². The molecule has 2 rings (SSSR count). The maximum absolute atomic E-state index is 11.9. The zero-order valence-corrected chi connectivity index (χ0v) is 10.3. The highest BCUT2D eigenvalue weighted by Gasteiger charge is 2.52. The second kappa shape index (κ2) is 4.00. The summed E-state index contributed by atoms with van der Waals surface area (Å²) >= 11 is 0. The Morgan fingerprint density at radius 2 is 2.19 bits per heavy atom. The van der Waals surface area contributed by atoms with Gasteiger partial charge in [-0.05, 0) is 25.2 Å². The van der Waals surface area contributed by atoms with Crippen LogP contribution in [0.4, 0.5) is 0 Å². The number of rotatable bonds is 4. The van der Waals surface area contributed by atoms with Gasteiger partial charge in [-0.25, -0.2) is 0 Å². The van der Waals surface area contributed by atoms with Gasteiger partial charge in [0.2, 0.25) is 5.91 Å². The molecule has 0 bridgehead atoms. The topological polar surface area (TPSA) is 64.3 Å². The Labute approximate surface area is 96.9 Å². The number of carbonyl (C=O) groups excluding carboxylic acids is 1. The fourth-order valence-corrected chi connectivity index (χ4v) is 2.41. The predicted octanol–water partition coefficient (Wildman–Crippen LogP) is 0.653. The second-order valence-corrected chi connectivity index (χ2v) is 5.67. The Balaban J connectivity index is 1.82. The molecule has 4 atom stereocenters. The average molecular weight is 226 g/mol. The van der Waals surface area contributed by atoms with Gasteiger partial charge in [-0.15, -0.1) is 0 Å². The summed E-state index contributed by atoms with van der Waals surface area (Å²) in [5.74, 6) is 0.317. The molecule has 4 nitrogen and oxygen atoms in total. The molecule has 4 heteroatoms. The smallest absolute Gasteiger partial charge is 0.224 e. The van der Waals surface area contributed by atoms with Gasteiger partial charge in [-0.3, -0.25) is 4.79 Å². The highest BCUT2D eigenvalue weighted by atomic mass is 16.5. The van der Waals surface area contributed by atoms with Crippen LogP contribution in [0.5, 0.6) is 0 Å². The number of carbonyl (C=O) groups is 1. The van der Waals surface area contributed by atoms with E-state index in [-0.39, 0.29) is 35.4 Å². The number of nitrogens with two attached hydrogens (primary N) is 1. The zero-order valence-electron chi connectivity index (χ0n) is 10.3. The summed E-state index contributed by atoms with van der Waals surface area (Å²) in [4.78, 5) is 11.9. The summed E-state index contributed by atoms with van der Waals surface area (Å²) < 4.78 is 5.52. The molecule has 0 heterocycles. The fraction of sp³-hybridized carbons (Fsp3) is 0.917. The molecule has 3 N–H and O–H groups in total. The Bertz CT molecular complexity index is 289. The first-order valence-corrected chi connectivity index (χ1v) is 6.13. The molecule has 0 aromatic heterocycles. The molecule has 4 unspecified atom stereocenters. The molecule has 0 saturated heterocycles. The van der Waals surface area contributed by atoms with Crippen LogP contribution in [-0.4, -0.2) is 30.7 Å². The van der Waals surface area contributed by atoms with Crippen molar-refractivity contribution in [1.82, 2.24) is 5.32 Å². The molecule has 2 saturated carbocycles. The van der Waals surface area contributed by atoms with Crippen LogP contribution in [-0.2, 0) is 9.53 Å². The van der Waals surface area contributed by atoms with E-state index in [1.54, 1.807) is 0 Å². The quantitative estimate of drug-likeness (QED) is 0.740. The number of nitrogens with one attached hydrogen (secondary N) is 1. The minimum Gasteiger partial charge on any atom is -0.376 e. The van der Waals surface area contributed by atoms with Crippen LogP contribution in [0.25, 0.3) is 0 Å². The zero-order chi connectivity index (χ0) is 11.9. The van der Waals surface area contributed by atoms with Crippen LogP contribution in [0.1, 0.15) is 33.6 Å². The lowest BCUT2D eigenvalue weighted by molar-refractivity contribution is -0.127. The van der Waals surface area contributed by atoms with Gasteiger partial charge in [0, 0.05) is 18.6 Å². The predicted molar refractivity (Wildman–Crippen MR) is 61.8 cm³/mol. The van der Waals surface area contributed by atoms with Crippen molar-refractivity contribution in [3.8, 4) is 0 Å². The average Bonchev–Trinajstić information content (AvgIpc) is 2.84. The van der Waals surface area contributed by atoms with E-state index < -0.39 is 0 Å². The molecule has 92 valence electrons. The molecule has 0 spiro atoms. The third kappa shape index (κ3) is 2.09. The molecule has 1 amide bonds. The molecule has 2 aliphatic rings. The van der Waals surface area contributed by atoms with Crippen LogP contribution in [0.3, 0.4) is 0 Å². The minimum atomic E-state index is 0.0175. The largest absolute Gasteiger partial charge is 0.376 e. The Hall–Kier alpha value is -0.610. The lowest BCUT2D eigenvalue weighted by atomic mass is 9.83. The van der Waals surface area contributed by atoms with Gasteiger partial charge in [0.1, 0.15) is 0 Å². The summed E-state index contributed by atoms with van der Waals surface area (Å²) in [6.45, 7) is 6.89. The van der Waals surface area contributed by atoms with Gasteiger partial charge >= 0.3 is 0 Å². The van der Waals surface area contributed by atoms with Crippen molar-refractivity contribution in [2.45, 2.75) is 51.8 Å². The first kappa shape index (κ1) is 11.9. The van der Waals surface area contributed by atoms with Gasteiger partial charge < -0.3 is 15.8 Å². The van der Waals surface area contributed by atoms with Crippen LogP contribution in [0.15, 0.2) is 0 Å². The molecule has 0 radical (unpaired) electrons. The summed E-state index contributed by atoms with van der Waals surface area (Å²) in [7, 11) is 0. The van der Waals surface area contributed by atoms with Crippen molar-refractivity contribution in [3.63, 3.8) is 0 Å². The van der Waals surface area contributed by atoms with E-state index in [2.05, 4.69) is 19.2 Å². The van der Waals surface area contributed by atoms with E-state index in [0.29, 0.717) is 6.61 Å². The van der Waals surface area contributed by atoms with Crippen molar-refractivity contribution in [2.24, 2.45) is 17.1 Å². The highest BCUT2D eigenvalue weighted by Crippen LogP contribution is 2.51. The van der Waals surface area contributed by atoms with E-state index in [4.69, 9.17) is 10.5 Å². The molecule has 2 fully saturated rings. The van der Waals surface area contributed by atoms with Crippen LogP contribution in [0.2, 0.25) is 0 Å². The van der Waals surface area contributed by atoms with Gasteiger partial charge in [-0.1, -0.05) is 13.8 Å². The molecular weight excluding hydrogens is 204 g/mol. The van der Waals surface area contributed by atoms with Gasteiger partial charge in [0.15, 0.2) is 0 Å². The Kier molecular flexibility index (Phi) is 2.97. The molecular formula is C12H22N2O2. The number of ether oxygens (including phenoxy) is 1. The fourth-order valence-electron chi connectivity index (χ4n) is 2.41. The van der Waals surface area contributed by atoms with Crippen molar-refractivity contribution in [3.05, 3.63) is 0 Å². The third-order valence-electron chi connectivity index (χ3n) is 3.89. The molecule has 0 aromatic rings. The Morgan fingerprint density at radius 1 is 1.56 bits per heavy atom. The normalized spacial score (nSPS) is 40.0. The Morgan fingerprint density at radius 3 is 2.62 bits per heavy atom. The lowest BCUT2D eigenvalue weighted by Crippen LogP contribution is -2.65. The summed E-state index contributed by atoms with van der Waals surface area (Å²) in [6, 6.07) is 0.0752. The summed E-state index contributed by atoms with van der Waals surface area (Å²) in [6.07, 6.45) is 1.96. The molecule has 16 heavy (non-hydrogen) atoms. The molecule has 0 aliphatic heterocycles. The van der Waals surface area contributed by atoms with Gasteiger partial charge in [0.05, 0.1) is 12.1 Å². The second-order valence-electron chi connectivity index (χ2n) is 5.67. The first-order valence-electron chi connectivity index (χ1n) is 6.13. The van der Waals surface area contributed by atoms with Gasteiger partial charge in [0.25, 0.3) is 0 Å². The maximum Gasteiger partial charge on any atom is 0.224 e. The van der Waals surface area contributed by atoms with Crippen LogP contribution >= 0.6 is 0 Å². The number of amides is 1. The van der Waals surface area contributed by atoms with Crippen molar-refractivity contribution in [2.75, 3.05) is 6.61 Å². The van der Waals surface area contributed by atoms with E-state index in [9.17, 15) is 4.79 Å². The highest BCUT2D eigenvalue weighted by molar-refractivity contribution is 5.82. The van der Waals surface area contributed by atoms with E-state index in [1.165, 1.54) is 0 Å². The van der Waals surface area contributed by atoms with Crippen molar-refractivity contribution < 1.29 is 9.53 Å². The lowest BCUT2D eigenvalue weighted by Gasteiger charge is -2.42. The molecule has 2 aliphatic carbocycles. The van der Waals surface area contributed by atoms with E-state index in [1.807, 2.05) is 6.92 Å². The van der Waals surface area contributed by atoms with Gasteiger partial charge in [-0.2, -0.15) is 0 Å². The minimum absolute atomic E-state index is 0.0175. The standard InChI is InChI=1S/C12H22N2O2/c1-4-16-9-5-8(13)10(9)14-11(15)7-6-12(7,2)3/h7-10H,4-6,13H2,1-3H3,(H,14,15). The number of hydrogen-bond donors (Lipinski definition) is 2.